The lowest BCUT2D eigenvalue weighted by atomic mass is 10.1. The van der Waals surface area contributed by atoms with Gasteiger partial charge in [-0.2, -0.15) is 0 Å². The molecule has 2 amide bonds. The number of nitrogens with one attached hydrogen (secondary N) is 2. The Bertz CT molecular complexity index is 709. The van der Waals surface area contributed by atoms with Crippen LogP contribution in [0, 0.1) is 13.8 Å². The molecule has 0 radical (unpaired) electrons. The highest BCUT2D eigenvalue weighted by molar-refractivity contribution is 7.14. The molecule has 0 spiro atoms. The van der Waals surface area contributed by atoms with Gasteiger partial charge in [0, 0.05) is 5.69 Å². The molecule has 6 heteroatoms. The van der Waals surface area contributed by atoms with Gasteiger partial charge in [0.25, 0.3) is 5.91 Å². The number of nitrogens with two attached hydrogens (primary N) is 1. The average molecular weight is 317 g/mol. The Labute approximate surface area is 133 Å². The summed E-state index contributed by atoms with van der Waals surface area (Å²) in [6.45, 7) is 5.80. The minimum atomic E-state index is -0.549. The summed E-state index contributed by atoms with van der Waals surface area (Å²) in [4.78, 5) is 23.5. The van der Waals surface area contributed by atoms with Gasteiger partial charge >= 0.3 is 0 Å². The molecular formula is C16H19N3O2S. The van der Waals surface area contributed by atoms with E-state index >= 15 is 0 Å². The molecule has 0 bridgehead atoms. The number of primary amides is 1. The molecule has 1 heterocycles. The highest BCUT2D eigenvalue weighted by Gasteiger charge is 2.17. The number of amides is 2. The fourth-order valence-electron chi connectivity index (χ4n) is 2.03. The van der Waals surface area contributed by atoms with E-state index in [0.717, 1.165) is 16.8 Å². The van der Waals surface area contributed by atoms with Crippen LogP contribution in [0.1, 0.15) is 28.4 Å². The van der Waals surface area contributed by atoms with Crippen LogP contribution < -0.4 is 16.4 Å². The highest BCUT2D eigenvalue weighted by Crippen LogP contribution is 2.23. The van der Waals surface area contributed by atoms with Gasteiger partial charge in [-0.3, -0.25) is 9.59 Å². The zero-order chi connectivity index (χ0) is 16.3. The number of benzene rings is 1. The van der Waals surface area contributed by atoms with Crippen LogP contribution in [0.5, 0.6) is 0 Å². The summed E-state index contributed by atoms with van der Waals surface area (Å²) in [5.74, 6) is -0.766. The number of hydrogen-bond donors (Lipinski definition) is 3. The molecule has 0 unspecified atom stereocenters. The van der Waals surface area contributed by atoms with Gasteiger partial charge in [-0.1, -0.05) is 12.1 Å². The predicted molar refractivity (Wildman–Crippen MR) is 90.5 cm³/mol. The van der Waals surface area contributed by atoms with Gasteiger partial charge < -0.3 is 16.4 Å². The molecule has 0 saturated heterocycles. The predicted octanol–water partition coefficient (Wildman–Crippen LogP) is 2.90. The van der Waals surface area contributed by atoms with Crippen molar-refractivity contribution in [2.45, 2.75) is 26.8 Å². The lowest BCUT2D eigenvalue weighted by molar-refractivity contribution is -0.116. The molecule has 2 aromatic rings. The molecule has 1 aromatic carbocycles. The number of thiophene rings is 1. The van der Waals surface area contributed by atoms with Gasteiger partial charge in [0.05, 0.1) is 5.56 Å². The monoisotopic (exact) mass is 317 g/mol. The van der Waals surface area contributed by atoms with Gasteiger partial charge in [0.2, 0.25) is 5.91 Å². The SMILES string of the molecule is Cc1cccc(N[C@@H](C)C(=O)Nc2sccc2C(N)=O)c1C. The highest BCUT2D eigenvalue weighted by atomic mass is 32.1. The van der Waals surface area contributed by atoms with Gasteiger partial charge in [-0.05, 0) is 49.4 Å². The summed E-state index contributed by atoms with van der Waals surface area (Å²) in [7, 11) is 0. The van der Waals surface area contributed by atoms with Gasteiger partial charge in [0.15, 0.2) is 0 Å². The molecule has 22 heavy (non-hydrogen) atoms. The van der Waals surface area contributed by atoms with Crippen molar-refractivity contribution in [1.29, 1.82) is 0 Å². The summed E-state index contributed by atoms with van der Waals surface area (Å²) in [5, 5.41) is 8.13. The Balaban J connectivity index is 2.08. The first kappa shape index (κ1) is 16.0. The minimum absolute atomic E-state index is 0.217. The topological polar surface area (TPSA) is 84.2 Å². The van der Waals surface area contributed by atoms with E-state index in [0.29, 0.717) is 10.6 Å². The van der Waals surface area contributed by atoms with Crippen LogP contribution in [0.3, 0.4) is 0 Å². The maximum absolute atomic E-state index is 12.3. The van der Waals surface area contributed by atoms with Crippen LogP contribution in [0.2, 0.25) is 0 Å². The molecule has 1 aromatic heterocycles. The third-order valence-corrected chi connectivity index (χ3v) is 4.37. The fraction of sp³-hybridized carbons (Fsp3) is 0.250. The Hall–Kier alpha value is -2.34. The molecule has 4 N–H and O–H groups in total. The second-order valence-corrected chi connectivity index (χ2v) is 6.05. The van der Waals surface area contributed by atoms with E-state index in [9.17, 15) is 9.59 Å². The van der Waals surface area contributed by atoms with Crippen molar-refractivity contribution < 1.29 is 9.59 Å². The summed E-state index contributed by atoms with van der Waals surface area (Å²) in [6.07, 6.45) is 0. The first-order chi connectivity index (χ1) is 10.4. The van der Waals surface area contributed by atoms with Crippen LogP contribution in [0.25, 0.3) is 0 Å². The second kappa shape index (κ2) is 6.62. The Kier molecular flexibility index (Phi) is 4.82. The minimum Gasteiger partial charge on any atom is -0.374 e. The molecule has 0 fully saturated rings. The summed E-state index contributed by atoms with van der Waals surface area (Å²) in [5.41, 5.74) is 8.79. The van der Waals surface area contributed by atoms with E-state index in [4.69, 9.17) is 5.73 Å². The van der Waals surface area contributed by atoms with Crippen LogP contribution in [-0.4, -0.2) is 17.9 Å². The lowest BCUT2D eigenvalue weighted by Gasteiger charge is -2.17. The number of anilines is 2. The summed E-state index contributed by atoms with van der Waals surface area (Å²) in [6, 6.07) is 7.07. The molecule has 5 nitrogen and oxygen atoms in total. The number of carbonyl (C=O) groups is 2. The van der Waals surface area contributed by atoms with E-state index in [1.54, 1.807) is 18.4 Å². The summed E-state index contributed by atoms with van der Waals surface area (Å²) < 4.78 is 0. The molecule has 0 aliphatic heterocycles. The van der Waals surface area contributed by atoms with E-state index in [-0.39, 0.29) is 5.91 Å². The van der Waals surface area contributed by atoms with Crippen molar-refractivity contribution in [2.75, 3.05) is 10.6 Å². The zero-order valence-electron chi connectivity index (χ0n) is 12.8. The van der Waals surface area contributed by atoms with Crippen molar-refractivity contribution in [3.8, 4) is 0 Å². The molecular weight excluding hydrogens is 298 g/mol. The maximum Gasteiger partial charge on any atom is 0.251 e. The van der Waals surface area contributed by atoms with Gasteiger partial charge in [0.1, 0.15) is 11.0 Å². The van der Waals surface area contributed by atoms with Crippen molar-refractivity contribution >= 4 is 33.8 Å². The third-order valence-electron chi connectivity index (χ3n) is 3.54. The molecule has 0 aliphatic carbocycles. The standard InChI is InChI=1S/C16H19N3O2S/c1-9-5-4-6-13(10(9)2)18-11(3)15(21)19-16-12(14(17)20)7-8-22-16/h4-8,11,18H,1-3H3,(H2,17,20)(H,19,21)/t11-/m0/s1. The van der Waals surface area contributed by atoms with Crippen molar-refractivity contribution in [1.82, 2.24) is 0 Å². The summed E-state index contributed by atoms with van der Waals surface area (Å²) >= 11 is 1.27. The van der Waals surface area contributed by atoms with Crippen molar-refractivity contribution in [3.63, 3.8) is 0 Å². The van der Waals surface area contributed by atoms with Gasteiger partial charge in [-0.25, -0.2) is 0 Å². The average Bonchev–Trinajstić information content (AvgIpc) is 2.92. The van der Waals surface area contributed by atoms with Gasteiger partial charge in [-0.15, -0.1) is 11.3 Å². The quantitative estimate of drug-likeness (QED) is 0.793. The molecule has 0 aliphatic rings. The first-order valence-corrected chi connectivity index (χ1v) is 7.79. The zero-order valence-corrected chi connectivity index (χ0v) is 13.6. The second-order valence-electron chi connectivity index (χ2n) is 5.13. The van der Waals surface area contributed by atoms with Crippen LogP contribution in [0.4, 0.5) is 10.7 Å². The third kappa shape index (κ3) is 3.46. The largest absolute Gasteiger partial charge is 0.374 e. The van der Waals surface area contributed by atoms with Crippen molar-refractivity contribution in [2.24, 2.45) is 5.73 Å². The normalized spacial score (nSPS) is 11.8. The molecule has 1 atom stereocenters. The van der Waals surface area contributed by atoms with E-state index in [2.05, 4.69) is 10.6 Å². The molecule has 2 rings (SSSR count). The Morgan fingerprint density at radius 3 is 2.64 bits per heavy atom. The van der Waals surface area contributed by atoms with Crippen molar-refractivity contribution in [3.05, 3.63) is 46.3 Å². The molecule has 116 valence electrons. The first-order valence-electron chi connectivity index (χ1n) is 6.91. The molecule has 0 saturated carbocycles. The van der Waals surface area contributed by atoms with Crippen LogP contribution in [0.15, 0.2) is 29.6 Å². The lowest BCUT2D eigenvalue weighted by Crippen LogP contribution is -2.32. The Morgan fingerprint density at radius 1 is 1.23 bits per heavy atom. The fourth-order valence-corrected chi connectivity index (χ4v) is 2.82. The maximum atomic E-state index is 12.3. The number of carbonyl (C=O) groups excluding carboxylic acids is 2. The smallest absolute Gasteiger partial charge is 0.251 e. The number of aryl methyl sites for hydroxylation is 1. The van der Waals surface area contributed by atoms with E-state index < -0.39 is 11.9 Å². The van der Waals surface area contributed by atoms with Crippen LogP contribution in [-0.2, 0) is 4.79 Å². The Morgan fingerprint density at radius 2 is 1.95 bits per heavy atom. The van der Waals surface area contributed by atoms with E-state index in [1.165, 1.54) is 11.3 Å². The van der Waals surface area contributed by atoms with E-state index in [1.807, 2.05) is 32.0 Å². The number of rotatable bonds is 5. The number of hydrogen-bond acceptors (Lipinski definition) is 4. The van der Waals surface area contributed by atoms with Crippen LogP contribution >= 0.6 is 11.3 Å².